The molecular formula is C13H19N3O. The van der Waals surface area contributed by atoms with Crippen molar-refractivity contribution in [2.24, 2.45) is 0 Å². The van der Waals surface area contributed by atoms with Gasteiger partial charge in [-0.05, 0) is 24.7 Å². The van der Waals surface area contributed by atoms with Gasteiger partial charge < -0.3 is 14.9 Å². The first-order valence-corrected chi connectivity index (χ1v) is 5.94. The highest BCUT2D eigenvalue weighted by atomic mass is 16.3. The molecule has 92 valence electrons. The lowest BCUT2D eigenvalue weighted by molar-refractivity contribution is 0.213. The molecule has 1 aromatic rings. The summed E-state index contributed by atoms with van der Waals surface area (Å²) in [6, 6.07) is 7.10. The van der Waals surface area contributed by atoms with Crippen molar-refractivity contribution in [2.75, 3.05) is 33.2 Å². The number of amidine groups is 1. The molecule has 2 N–H and O–H groups in total. The minimum atomic E-state index is 0.278. The Kier molecular flexibility index (Phi) is 3.64. The van der Waals surface area contributed by atoms with E-state index in [1.54, 1.807) is 12.1 Å². The topological polar surface area (TPSA) is 50.6 Å². The number of likely N-dealkylation sites (N-methyl/N-ethyl adjacent to an activating group) is 1. The first-order valence-electron chi connectivity index (χ1n) is 5.94. The van der Waals surface area contributed by atoms with Gasteiger partial charge in [-0.1, -0.05) is 12.1 Å². The molecule has 17 heavy (non-hydrogen) atoms. The molecular weight excluding hydrogens is 214 g/mol. The zero-order chi connectivity index (χ0) is 12.3. The Morgan fingerprint density at radius 2 is 1.76 bits per heavy atom. The summed E-state index contributed by atoms with van der Waals surface area (Å²) in [7, 11) is 2.11. The molecule has 0 amide bonds. The van der Waals surface area contributed by atoms with Crippen LogP contribution in [0.15, 0.2) is 24.3 Å². The molecule has 0 unspecified atom stereocenters. The van der Waals surface area contributed by atoms with Gasteiger partial charge in [0, 0.05) is 32.6 Å². The fourth-order valence-corrected chi connectivity index (χ4v) is 2.00. The fourth-order valence-electron chi connectivity index (χ4n) is 2.00. The number of phenols is 1. The van der Waals surface area contributed by atoms with E-state index in [0.717, 1.165) is 31.7 Å². The number of hydrogen-bond donors (Lipinski definition) is 2. The normalized spacial score (nSPS) is 17.1. The highest BCUT2D eigenvalue weighted by Gasteiger charge is 2.16. The zero-order valence-corrected chi connectivity index (χ0v) is 10.2. The summed E-state index contributed by atoms with van der Waals surface area (Å²) in [6.07, 6.45) is 0.643. The van der Waals surface area contributed by atoms with Gasteiger partial charge in [-0.2, -0.15) is 0 Å². The van der Waals surface area contributed by atoms with Crippen LogP contribution in [0.25, 0.3) is 0 Å². The first kappa shape index (κ1) is 11.9. The highest BCUT2D eigenvalue weighted by molar-refractivity contribution is 5.81. The van der Waals surface area contributed by atoms with Crippen molar-refractivity contribution >= 4 is 5.84 Å². The Bertz CT molecular complexity index is 380. The van der Waals surface area contributed by atoms with E-state index in [1.807, 2.05) is 12.1 Å². The summed E-state index contributed by atoms with van der Waals surface area (Å²) >= 11 is 0. The van der Waals surface area contributed by atoms with E-state index in [9.17, 15) is 5.11 Å². The zero-order valence-electron chi connectivity index (χ0n) is 10.2. The van der Waals surface area contributed by atoms with Gasteiger partial charge in [0.1, 0.15) is 11.6 Å². The maximum absolute atomic E-state index is 9.20. The quantitative estimate of drug-likeness (QED) is 0.595. The predicted molar refractivity (Wildman–Crippen MR) is 68.6 cm³/mol. The first-order chi connectivity index (χ1) is 8.15. The Morgan fingerprint density at radius 1 is 1.18 bits per heavy atom. The van der Waals surface area contributed by atoms with Crippen molar-refractivity contribution in [1.82, 2.24) is 9.80 Å². The second kappa shape index (κ2) is 5.19. The van der Waals surface area contributed by atoms with Gasteiger partial charge in [-0.25, -0.2) is 0 Å². The maximum atomic E-state index is 9.20. The molecule has 0 aliphatic carbocycles. The average molecular weight is 233 g/mol. The molecule has 1 saturated heterocycles. The number of nitrogens with one attached hydrogen (secondary N) is 1. The lowest BCUT2D eigenvalue weighted by atomic mass is 10.1. The van der Waals surface area contributed by atoms with Gasteiger partial charge in [0.05, 0.1) is 0 Å². The molecule has 0 bridgehead atoms. The van der Waals surface area contributed by atoms with Crippen LogP contribution in [0.3, 0.4) is 0 Å². The van der Waals surface area contributed by atoms with Crippen LogP contribution in [-0.2, 0) is 6.42 Å². The van der Waals surface area contributed by atoms with Crippen molar-refractivity contribution in [1.29, 1.82) is 5.41 Å². The standard InChI is InChI=1S/C13H19N3O/c1-15-6-8-16(9-7-15)13(14)10-11-2-4-12(17)5-3-11/h2-5,14,17H,6-10H2,1H3. The van der Waals surface area contributed by atoms with Crippen molar-refractivity contribution in [2.45, 2.75) is 6.42 Å². The van der Waals surface area contributed by atoms with Crippen LogP contribution in [0.4, 0.5) is 0 Å². The molecule has 2 rings (SSSR count). The van der Waals surface area contributed by atoms with Crippen molar-refractivity contribution in [3.63, 3.8) is 0 Å². The lowest BCUT2D eigenvalue weighted by Crippen LogP contribution is -2.47. The molecule has 0 saturated carbocycles. The van der Waals surface area contributed by atoms with Crippen LogP contribution in [-0.4, -0.2) is 54.0 Å². The van der Waals surface area contributed by atoms with E-state index in [-0.39, 0.29) is 5.75 Å². The van der Waals surface area contributed by atoms with E-state index < -0.39 is 0 Å². The van der Waals surface area contributed by atoms with Crippen LogP contribution < -0.4 is 0 Å². The molecule has 0 radical (unpaired) electrons. The van der Waals surface area contributed by atoms with Crippen molar-refractivity contribution in [3.8, 4) is 5.75 Å². The van der Waals surface area contributed by atoms with Gasteiger partial charge in [-0.3, -0.25) is 5.41 Å². The fraction of sp³-hybridized carbons (Fsp3) is 0.462. The van der Waals surface area contributed by atoms with Crippen LogP contribution in [0.1, 0.15) is 5.56 Å². The van der Waals surface area contributed by atoms with E-state index in [4.69, 9.17) is 5.41 Å². The lowest BCUT2D eigenvalue weighted by Gasteiger charge is -2.34. The average Bonchev–Trinajstić information content (AvgIpc) is 2.33. The Labute approximate surface area is 102 Å². The van der Waals surface area contributed by atoms with Gasteiger partial charge in [0.2, 0.25) is 0 Å². The van der Waals surface area contributed by atoms with E-state index in [2.05, 4.69) is 16.8 Å². The molecule has 1 aromatic carbocycles. The van der Waals surface area contributed by atoms with Crippen LogP contribution >= 0.6 is 0 Å². The molecule has 1 fully saturated rings. The summed E-state index contributed by atoms with van der Waals surface area (Å²) in [5, 5.41) is 17.3. The number of nitrogens with zero attached hydrogens (tertiary/aromatic N) is 2. The minimum Gasteiger partial charge on any atom is -0.508 e. The van der Waals surface area contributed by atoms with E-state index >= 15 is 0 Å². The number of phenolic OH excluding ortho intramolecular Hbond substituents is 1. The van der Waals surface area contributed by atoms with E-state index in [0.29, 0.717) is 12.3 Å². The van der Waals surface area contributed by atoms with Gasteiger partial charge in [-0.15, -0.1) is 0 Å². The maximum Gasteiger partial charge on any atom is 0.115 e. The molecule has 1 aliphatic rings. The Balaban J connectivity index is 1.90. The molecule has 0 atom stereocenters. The van der Waals surface area contributed by atoms with Crippen LogP contribution in [0.2, 0.25) is 0 Å². The third-order valence-electron chi connectivity index (χ3n) is 3.19. The third-order valence-corrected chi connectivity index (χ3v) is 3.19. The monoisotopic (exact) mass is 233 g/mol. The van der Waals surface area contributed by atoms with Gasteiger partial charge in [0.25, 0.3) is 0 Å². The second-order valence-corrected chi connectivity index (χ2v) is 4.58. The number of aromatic hydroxyl groups is 1. The molecule has 4 heteroatoms. The summed E-state index contributed by atoms with van der Waals surface area (Å²) in [5.74, 6) is 0.948. The highest BCUT2D eigenvalue weighted by Crippen LogP contribution is 2.11. The minimum absolute atomic E-state index is 0.278. The second-order valence-electron chi connectivity index (χ2n) is 4.58. The smallest absolute Gasteiger partial charge is 0.115 e. The number of piperazine rings is 1. The SMILES string of the molecule is CN1CCN(C(=N)Cc2ccc(O)cc2)CC1. The Morgan fingerprint density at radius 3 is 2.35 bits per heavy atom. The van der Waals surface area contributed by atoms with Crippen LogP contribution in [0.5, 0.6) is 5.75 Å². The van der Waals surface area contributed by atoms with Gasteiger partial charge >= 0.3 is 0 Å². The molecule has 0 spiro atoms. The Hall–Kier alpha value is -1.55. The predicted octanol–water partition coefficient (Wildman–Crippen LogP) is 1.16. The number of hydrogen-bond acceptors (Lipinski definition) is 3. The third kappa shape index (κ3) is 3.20. The summed E-state index contributed by atoms with van der Waals surface area (Å²) in [6.45, 7) is 3.93. The van der Waals surface area contributed by atoms with Crippen molar-refractivity contribution < 1.29 is 5.11 Å². The molecule has 4 nitrogen and oxygen atoms in total. The molecule has 1 aliphatic heterocycles. The van der Waals surface area contributed by atoms with Gasteiger partial charge in [0.15, 0.2) is 0 Å². The van der Waals surface area contributed by atoms with Crippen LogP contribution in [0, 0.1) is 5.41 Å². The summed E-state index contributed by atoms with van der Waals surface area (Å²) < 4.78 is 0. The number of rotatable bonds is 2. The largest absolute Gasteiger partial charge is 0.508 e. The number of benzene rings is 1. The summed E-state index contributed by atoms with van der Waals surface area (Å²) in [5.41, 5.74) is 1.08. The van der Waals surface area contributed by atoms with Crippen molar-refractivity contribution in [3.05, 3.63) is 29.8 Å². The molecule has 1 heterocycles. The summed E-state index contributed by atoms with van der Waals surface area (Å²) in [4.78, 5) is 4.41. The molecule has 0 aromatic heterocycles. The van der Waals surface area contributed by atoms with E-state index in [1.165, 1.54) is 0 Å².